The molecule has 27 heavy (non-hydrogen) atoms. The predicted octanol–water partition coefficient (Wildman–Crippen LogP) is 3.78. The molecule has 2 amide bonds. The van der Waals surface area contributed by atoms with Crippen molar-refractivity contribution in [2.75, 3.05) is 20.1 Å². The topological polar surface area (TPSA) is 71.5 Å². The fourth-order valence-corrected chi connectivity index (χ4v) is 2.75. The molecule has 0 aliphatic rings. The maximum Gasteiger partial charge on any atom is 0.410 e. The summed E-state index contributed by atoms with van der Waals surface area (Å²) in [5.74, 6) is -0.0716. The first kappa shape index (κ1) is 20.7. The Hall–Kier alpha value is -2.63. The summed E-state index contributed by atoms with van der Waals surface area (Å²) in [5.41, 5.74) is 1.62. The van der Waals surface area contributed by atoms with Crippen molar-refractivity contribution >= 4 is 22.9 Å². The van der Waals surface area contributed by atoms with E-state index in [1.165, 1.54) is 4.90 Å². The number of carbonyl (C=O) groups is 2. The Labute approximate surface area is 160 Å². The SMILES string of the molecule is Cc1nc2ccccc2cc1C(=O)NCC(C)CN(C)C(=O)OC(C)(C)C. The third kappa shape index (κ3) is 5.94. The van der Waals surface area contributed by atoms with Crippen molar-refractivity contribution in [2.45, 2.75) is 40.2 Å². The van der Waals surface area contributed by atoms with Gasteiger partial charge in [-0.1, -0.05) is 25.1 Å². The Morgan fingerprint density at radius 1 is 1.26 bits per heavy atom. The van der Waals surface area contributed by atoms with Gasteiger partial charge in [0.15, 0.2) is 0 Å². The van der Waals surface area contributed by atoms with Gasteiger partial charge in [0, 0.05) is 25.5 Å². The first-order chi connectivity index (χ1) is 12.6. The summed E-state index contributed by atoms with van der Waals surface area (Å²) in [6.07, 6.45) is -0.366. The smallest absolute Gasteiger partial charge is 0.410 e. The normalized spacial score (nSPS) is 12.5. The van der Waals surface area contributed by atoms with Crippen LogP contribution in [0.5, 0.6) is 0 Å². The molecule has 0 saturated carbocycles. The van der Waals surface area contributed by atoms with Crippen LogP contribution in [0.2, 0.25) is 0 Å². The average molecular weight is 371 g/mol. The molecule has 0 fully saturated rings. The van der Waals surface area contributed by atoms with Crippen LogP contribution in [-0.2, 0) is 4.74 Å². The quantitative estimate of drug-likeness (QED) is 0.868. The molecule has 0 aliphatic heterocycles. The highest BCUT2D eigenvalue weighted by atomic mass is 16.6. The van der Waals surface area contributed by atoms with E-state index in [1.807, 2.05) is 65.0 Å². The molecule has 2 rings (SSSR count). The van der Waals surface area contributed by atoms with Gasteiger partial charge in [-0.05, 0) is 45.7 Å². The number of ether oxygens (including phenoxy) is 1. The van der Waals surface area contributed by atoms with E-state index in [0.717, 1.165) is 10.9 Å². The molecule has 1 N–H and O–H groups in total. The highest BCUT2D eigenvalue weighted by Gasteiger charge is 2.21. The minimum absolute atomic E-state index is 0.0835. The van der Waals surface area contributed by atoms with E-state index in [1.54, 1.807) is 7.05 Å². The van der Waals surface area contributed by atoms with Gasteiger partial charge in [0.25, 0.3) is 5.91 Å². The van der Waals surface area contributed by atoms with Gasteiger partial charge in [0.05, 0.1) is 16.8 Å². The second-order valence-electron chi connectivity index (χ2n) is 7.99. The number of para-hydroxylation sites is 1. The lowest BCUT2D eigenvalue weighted by Crippen LogP contribution is -2.39. The average Bonchev–Trinajstić information content (AvgIpc) is 2.57. The van der Waals surface area contributed by atoms with Crippen LogP contribution in [0.25, 0.3) is 10.9 Å². The number of hydrogen-bond acceptors (Lipinski definition) is 4. The van der Waals surface area contributed by atoms with Gasteiger partial charge in [0.2, 0.25) is 0 Å². The van der Waals surface area contributed by atoms with Crippen molar-refractivity contribution in [1.82, 2.24) is 15.2 Å². The van der Waals surface area contributed by atoms with Gasteiger partial charge in [-0.15, -0.1) is 0 Å². The highest BCUT2D eigenvalue weighted by molar-refractivity contribution is 5.98. The number of hydrogen-bond donors (Lipinski definition) is 1. The summed E-state index contributed by atoms with van der Waals surface area (Å²) < 4.78 is 5.34. The highest BCUT2D eigenvalue weighted by Crippen LogP contribution is 2.16. The fourth-order valence-electron chi connectivity index (χ4n) is 2.75. The summed E-state index contributed by atoms with van der Waals surface area (Å²) in [5, 5.41) is 3.88. The molecular formula is C21H29N3O3. The van der Waals surface area contributed by atoms with Gasteiger partial charge in [-0.3, -0.25) is 9.78 Å². The van der Waals surface area contributed by atoms with Crippen LogP contribution in [0, 0.1) is 12.8 Å². The lowest BCUT2D eigenvalue weighted by atomic mass is 10.1. The van der Waals surface area contributed by atoms with Crippen LogP contribution in [0.4, 0.5) is 4.79 Å². The maximum absolute atomic E-state index is 12.6. The van der Waals surface area contributed by atoms with Crippen molar-refractivity contribution in [3.63, 3.8) is 0 Å². The Kier molecular flexibility index (Phi) is 6.41. The number of pyridine rings is 1. The van der Waals surface area contributed by atoms with E-state index >= 15 is 0 Å². The van der Waals surface area contributed by atoms with Crippen molar-refractivity contribution in [3.8, 4) is 0 Å². The van der Waals surface area contributed by atoms with E-state index in [0.29, 0.717) is 24.3 Å². The second-order valence-corrected chi connectivity index (χ2v) is 7.99. The predicted molar refractivity (Wildman–Crippen MR) is 107 cm³/mol. The van der Waals surface area contributed by atoms with Gasteiger partial charge in [-0.2, -0.15) is 0 Å². The minimum atomic E-state index is -0.524. The first-order valence-corrected chi connectivity index (χ1v) is 9.15. The standard InChI is InChI=1S/C21H29N3O3/c1-14(13-24(6)20(26)27-21(3,4)5)12-22-19(25)17-11-16-9-7-8-10-18(16)23-15(17)2/h7-11,14H,12-13H2,1-6H3,(H,22,25). The molecule has 1 aromatic carbocycles. The summed E-state index contributed by atoms with van der Waals surface area (Å²) >= 11 is 0. The summed E-state index contributed by atoms with van der Waals surface area (Å²) in [6, 6.07) is 9.59. The third-order valence-electron chi connectivity index (χ3n) is 4.06. The van der Waals surface area contributed by atoms with Crippen molar-refractivity contribution in [2.24, 2.45) is 5.92 Å². The molecule has 0 radical (unpaired) electrons. The summed E-state index contributed by atoms with van der Waals surface area (Å²) in [6.45, 7) is 10.3. The van der Waals surface area contributed by atoms with Crippen LogP contribution < -0.4 is 5.32 Å². The maximum atomic E-state index is 12.6. The number of nitrogens with zero attached hydrogens (tertiary/aromatic N) is 2. The molecule has 0 aliphatic carbocycles. The Morgan fingerprint density at radius 3 is 2.59 bits per heavy atom. The van der Waals surface area contributed by atoms with Crippen LogP contribution in [0.3, 0.4) is 0 Å². The molecule has 0 bridgehead atoms. The van der Waals surface area contributed by atoms with E-state index in [4.69, 9.17) is 4.74 Å². The lowest BCUT2D eigenvalue weighted by molar-refractivity contribution is 0.0277. The molecule has 1 atom stereocenters. The molecular weight excluding hydrogens is 342 g/mol. The number of nitrogens with one attached hydrogen (secondary N) is 1. The number of amides is 2. The lowest BCUT2D eigenvalue weighted by Gasteiger charge is -2.26. The molecule has 6 heteroatoms. The number of fused-ring (bicyclic) bond motifs is 1. The molecule has 2 aromatic rings. The van der Waals surface area contributed by atoms with Crippen LogP contribution in [0.15, 0.2) is 30.3 Å². The number of carbonyl (C=O) groups excluding carboxylic acids is 2. The van der Waals surface area contributed by atoms with E-state index in [2.05, 4.69) is 10.3 Å². The molecule has 0 saturated heterocycles. The first-order valence-electron chi connectivity index (χ1n) is 9.15. The monoisotopic (exact) mass is 371 g/mol. The Balaban J connectivity index is 1.93. The zero-order chi connectivity index (χ0) is 20.2. The zero-order valence-electron chi connectivity index (χ0n) is 17.0. The van der Waals surface area contributed by atoms with Gasteiger partial charge in [-0.25, -0.2) is 4.79 Å². The van der Waals surface area contributed by atoms with Crippen LogP contribution in [0.1, 0.15) is 43.7 Å². The molecule has 1 aromatic heterocycles. The Morgan fingerprint density at radius 2 is 1.93 bits per heavy atom. The fraction of sp³-hybridized carbons (Fsp3) is 0.476. The van der Waals surface area contributed by atoms with E-state index in [9.17, 15) is 9.59 Å². The third-order valence-corrected chi connectivity index (χ3v) is 4.06. The largest absolute Gasteiger partial charge is 0.444 e. The van der Waals surface area contributed by atoms with Crippen LogP contribution >= 0.6 is 0 Å². The van der Waals surface area contributed by atoms with Gasteiger partial charge in [0.1, 0.15) is 5.60 Å². The second kappa shape index (κ2) is 8.37. The number of benzene rings is 1. The minimum Gasteiger partial charge on any atom is -0.444 e. The molecule has 6 nitrogen and oxygen atoms in total. The van der Waals surface area contributed by atoms with Crippen molar-refractivity contribution in [1.29, 1.82) is 0 Å². The summed E-state index contributed by atoms with van der Waals surface area (Å²) in [7, 11) is 1.70. The molecule has 146 valence electrons. The van der Waals surface area contributed by atoms with E-state index in [-0.39, 0.29) is 17.9 Å². The van der Waals surface area contributed by atoms with Crippen molar-refractivity contribution < 1.29 is 14.3 Å². The summed E-state index contributed by atoms with van der Waals surface area (Å²) in [4.78, 5) is 30.6. The van der Waals surface area contributed by atoms with Crippen LogP contribution in [-0.4, -0.2) is 47.6 Å². The van der Waals surface area contributed by atoms with E-state index < -0.39 is 5.60 Å². The Bertz CT molecular complexity index is 827. The number of aromatic nitrogens is 1. The number of rotatable bonds is 5. The molecule has 1 heterocycles. The number of aryl methyl sites for hydroxylation is 1. The van der Waals surface area contributed by atoms with Gasteiger partial charge >= 0.3 is 6.09 Å². The van der Waals surface area contributed by atoms with Gasteiger partial charge < -0.3 is 15.0 Å². The molecule has 0 spiro atoms. The molecule has 1 unspecified atom stereocenters. The zero-order valence-corrected chi connectivity index (χ0v) is 17.0. The van der Waals surface area contributed by atoms with Crippen molar-refractivity contribution in [3.05, 3.63) is 41.6 Å².